The second-order valence-corrected chi connectivity index (χ2v) is 8.52. The Labute approximate surface area is 169 Å². The average molecular weight is 402 g/mol. The average Bonchev–Trinajstić information content (AvgIpc) is 3.03. The first kappa shape index (κ1) is 20.4. The molecule has 1 saturated carbocycles. The van der Waals surface area contributed by atoms with Gasteiger partial charge in [0.1, 0.15) is 5.82 Å². The fraction of sp³-hybridized carbons (Fsp3) is 0.500. The Hall–Kier alpha value is -2.35. The first-order chi connectivity index (χ1) is 13.5. The molecule has 0 radical (unpaired) electrons. The van der Waals surface area contributed by atoms with E-state index in [2.05, 4.69) is 20.8 Å². The highest BCUT2D eigenvalue weighted by atomic mass is 32.2. The number of urea groups is 1. The third kappa shape index (κ3) is 4.92. The number of benzene rings is 1. The van der Waals surface area contributed by atoms with Crippen molar-refractivity contribution in [3.05, 3.63) is 35.7 Å². The van der Waals surface area contributed by atoms with Gasteiger partial charge < -0.3 is 5.32 Å². The number of rotatable bonds is 5. The molecule has 2 N–H and O–H groups in total. The summed E-state index contributed by atoms with van der Waals surface area (Å²) in [5.74, 6) is 0.412. The van der Waals surface area contributed by atoms with Crippen LogP contribution in [0, 0.1) is 13.8 Å². The predicted octanol–water partition coefficient (Wildman–Crippen LogP) is 3.52. The summed E-state index contributed by atoms with van der Waals surface area (Å²) in [4.78, 5) is 24.6. The Morgan fingerprint density at radius 3 is 2.57 bits per heavy atom. The summed E-state index contributed by atoms with van der Waals surface area (Å²) in [6, 6.07) is 7.71. The Balaban J connectivity index is 1.63. The number of imide groups is 1. The van der Waals surface area contributed by atoms with Crippen LogP contribution in [0.25, 0.3) is 5.69 Å². The van der Waals surface area contributed by atoms with Crippen molar-refractivity contribution in [1.82, 2.24) is 25.4 Å². The summed E-state index contributed by atoms with van der Waals surface area (Å²) in [5, 5.41) is 13.9. The van der Waals surface area contributed by atoms with E-state index in [1.54, 1.807) is 6.92 Å². The van der Waals surface area contributed by atoms with Crippen molar-refractivity contribution in [3.63, 3.8) is 0 Å². The van der Waals surface area contributed by atoms with Gasteiger partial charge in [-0.05, 0) is 45.2 Å². The molecule has 1 fully saturated rings. The van der Waals surface area contributed by atoms with Gasteiger partial charge in [0.2, 0.25) is 5.91 Å². The van der Waals surface area contributed by atoms with E-state index in [-0.39, 0.29) is 11.9 Å². The summed E-state index contributed by atoms with van der Waals surface area (Å²) in [6.07, 6.45) is 5.42. The quantitative estimate of drug-likeness (QED) is 0.748. The molecule has 3 rings (SSSR count). The lowest BCUT2D eigenvalue weighted by molar-refractivity contribution is -0.119. The molecule has 1 aliphatic carbocycles. The number of carbonyl (C=O) groups is 2. The smallest absolute Gasteiger partial charge is 0.321 e. The number of thioether (sulfide) groups is 1. The van der Waals surface area contributed by atoms with Gasteiger partial charge in [-0.25, -0.2) is 4.79 Å². The molecular formula is C20H27N5O2S. The van der Waals surface area contributed by atoms with Gasteiger partial charge >= 0.3 is 6.03 Å². The SMILES string of the molecule is Cc1ccccc1-n1c(C)nnc1SC(C)C(=O)NC(=O)NC1CCCCC1. The molecule has 3 amide bonds. The minimum atomic E-state index is -0.483. The van der Waals surface area contributed by atoms with Gasteiger partial charge in [0, 0.05) is 6.04 Å². The molecule has 0 bridgehead atoms. The zero-order valence-corrected chi connectivity index (χ0v) is 17.4. The van der Waals surface area contributed by atoms with E-state index >= 15 is 0 Å². The zero-order chi connectivity index (χ0) is 20.1. The monoisotopic (exact) mass is 401 g/mol. The largest absolute Gasteiger partial charge is 0.335 e. The highest BCUT2D eigenvalue weighted by molar-refractivity contribution is 8.00. The van der Waals surface area contributed by atoms with Crippen LogP contribution in [0.3, 0.4) is 0 Å². The third-order valence-electron chi connectivity index (χ3n) is 4.98. The number of para-hydroxylation sites is 1. The van der Waals surface area contributed by atoms with E-state index in [0.29, 0.717) is 5.16 Å². The molecule has 1 aromatic heterocycles. The first-order valence-corrected chi connectivity index (χ1v) is 10.6. The van der Waals surface area contributed by atoms with Crippen molar-refractivity contribution in [2.24, 2.45) is 0 Å². The highest BCUT2D eigenvalue weighted by Gasteiger charge is 2.23. The third-order valence-corrected chi connectivity index (χ3v) is 6.02. The maximum atomic E-state index is 12.5. The maximum Gasteiger partial charge on any atom is 0.321 e. The lowest BCUT2D eigenvalue weighted by atomic mass is 9.96. The minimum absolute atomic E-state index is 0.163. The molecule has 28 heavy (non-hydrogen) atoms. The molecule has 0 spiro atoms. The van der Waals surface area contributed by atoms with E-state index in [1.807, 2.05) is 42.7 Å². The van der Waals surface area contributed by atoms with E-state index < -0.39 is 11.3 Å². The Morgan fingerprint density at radius 1 is 1.14 bits per heavy atom. The summed E-state index contributed by atoms with van der Waals surface area (Å²) in [7, 11) is 0. The molecule has 1 unspecified atom stereocenters. The molecule has 0 saturated heterocycles. The molecule has 1 aliphatic rings. The van der Waals surface area contributed by atoms with Gasteiger partial charge in [-0.1, -0.05) is 49.2 Å². The van der Waals surface area contributed by atoms with Crippen LogP contribution >= 0.6 is 11.8 Å². The number of hydrogen-bond donors (Lipinski definition) is 2. The lowest BCUT2D eigenvalue weighted by Gasteiger charge is -2.23. The number of nitrogens with zero attached hydrogens (tertiary/aromatic N) is 3. The molecule has 1 heterocycles. The zero-order valence-electron chi connectivity index (χ0n) is 16.6. The van der Waals surface area contributed by atoms with Crippen LogP contribution in [-0.2, 0) is 4.79 Å². The van der Waals surface area contributed by atoms with Gasteiger partial charge in [-0.15, -0.1) is 10.2 Å². The topological polar surface area (TPSA) is 88.9 Å². The predicted molar refractivity (Wildman–Crippen MR) is 110 cm³/mol. The number of aromatic nitrogens is 3. The van der Waals surface area contributed by atoms with Crippen LogP contribution in [0.15, 0.2) is 29.4 Å². The number of aryl methyl sites for hydroxylation is 2. The maximum absolute atomic E-state index is 12.5. The van der Waals surface area contributed by atoms with Crippen LogP contribution in [-0.4, -0.2) is 38.0 Å². The number of hydrogen-bond acceptors (Lipinski definition) is 5. The van der Waals surface area contributed by atoms with Gasteiger partial charge in [-0.2, -0.15) is 0 Å². The standard InChI is InChI=1S/C20H27N5O2S/c1-13-9-7-8-12-17(13)25-15(3)23-24-20(25)28-14(2)18(26)22-19(27)21-16-10-5-4-6-11-16/h7-9,12,14,16H,4-6,10-11H2,1-3H3,(H2,21,22,26,27). The number of nitrogens with one attached hydrogen (secondary N) is 2. The van der Waals surface area contributed by atoms with E-state index in [1.165, 1.54) is 18.2 Å². The van der Waals surface area contributed by atoms with Gasteiger partial charge in [0.15, 0.2) is 5.16 Å². The second-order valence-electron chi connectivity index (χ2n) is 7.21. The summed E-state index contributed by atoms with van der Waals surface area (Å²) in [6.45, 7) is 5.67. The molecule has 1 atom stereocenters. The van der Waals surface area contributed by atoms with E-state index in [0.717, 1.165) is 42.8 Å². The normalized spacial score (nSPS) is 15.8. The molecular weight excluding hydrogens is 374 g/mol. The van der Waals surface area contributed by atoms with Crippen molar-refractivity contribution in [2.45, 2.75) is 69.3 Å². The van der Waals surface area contributed by atoms with Crippen LogP contribution in [0.1, 0.15) is 50.4 Å². The van der Waals surface area contributed by atoms with Crippen LogP contribution in [0.5, 0.6) is 0 Å². The number of carbonyl (C=O) groups excluding carboxylic acids is 2. The Morgan fingerprint density at radius 2 is 1.86 bits per heavy atom. The second kappa shape index (κ2) is 9.23. The van der Waals surface area contributed by atoms with Crippen molar-refractivity contribution in [1.29, 1.82) is 0 Å². The van der Waals surface area contributed by atoms with Crippen LogP contribution in [0.2, 0.25) is 0 Å². The van der Waals surface area contributed by atoms with Gasteiger partial charge in [0.05, 0.1) is 10.9 Å². The van der Waals surface area contributed by atoms with E-state index in [4.69, 9.17) is 0 Å². The van der Waals surface area contributed by atoms with Gasteiger partial charge in [0.25, 0.3) is 0 Å². The lowest BCUT2D eigenvalue weighted by Crippen LogP contribution is -2.47. The first-order valence-electron chi connectivity index (χ1n) is 9.71. The summed E-state index contributed by atoms with van der Waals surface area (Å²) in [5.41, 5.74) is 2.08. The number of amides is 3. The van der Waals surface area contributed by atoms with Gasteiger partial charge in [-0.3, -0.25) is 14.7 Å². The molecule has 7 nitrogen and oxygen atoms in total. The highest BCUT2D eigenvalue weighted by Crippen LogP contribution is 2.27. The van der Waals surface area contributed by atoms with Crippen molar-refractivity contribution in [3.8, 4) is 5.69 Å². The fourth-order valence-corrected chi connectivity index (χ4v) is 4.31. The van der Waals surface area contributed by atoms with Crippen molar-refractivity contribution in [2.75, 3.05) is 0 Å². The molecule has 0 aliphatic heterocycles. The fourth-order valence-electron chi connectivity index (χ4n) is 3.40. The molecule has 8 heteroatoms. The Bertz CT molecular complexity index is 845. The summed E-state index contributed by atoms with van der Waals surface area (Å²) >= 11 is 1.29. The molecule has 2 aromatic rings. The van der Waals surface area contributed by atoms with Crippen molar-refractivity contribution >= 4 is 23.7 Å². The van der Waals surface area contributed by atoms with Crippen molar-refractivity contribution < 1.29 is 9.59 Å². The molecule has 1 aromatic carbocycles. The van der Waals surface area contributed by atoms with Crippen LogP contribution in [0.4, 0.5) is 4.79 Å². The minimum Gasteiger partial charge on any atom is -0.335 e. The van der Waals surface area contributed by atoms with E-state index in [9.17, 15) is 9.59 Å². The Kier molecular flexibility index (Phi) is 6.72. The molecule has 150 valence electrons. The summed E-state index contributed by atoms with van der Waals surface area (Å²) < 4.78 is 1.94. The van der Waals surface area contributed by atoms with Crippen LogP contribution < -0.4 is 10.6 Å².